The minimum absolute atomic E-state index is 0.0966. The van der Waals surface area contributed by atoms with E-state index in [2.05, 4.69) is 21.0 Å². The van der Waals surface area contributed by atoms with Crippen molar-refractivity contribution in [3.8, 4) is 5.88 Å². The molecule has 0 fully saturated rings. The smallest absolute Gasteiger partial charge is 0.338 e. The van der Waals surface area contributed by atoms with E-state index in [-0.39, 0.29) is 17.2 Å². The van der Waals surface area contributed by atoms with Gasteiger partial charge < -0.3 is 14.4 Å². The fourth-order valence-corrected chi connectivity index (χ4v) is 0.603. The highest BCUT2D eigenvalue weighted by Crippen LogP contribution is 2.17. The predicted octanol–water partition coefficient (Wildman–Crippen LogP) is 0.781. The molecule has 0 aliphatic heterocycles. The molecule has 12 heavy (non-hydrogen) atoms. The molecule has 1 heterocycles. The molecule has 0 aromatic carbocycles. The zero-order chi connectivity index (χ0) is 9.14. The Kier molecular flexibility index (Phi) is 2.14. The van der Waals surface area contributed by atoms with Crippen LogP contribution in [0.5, 0.6) is 5.88 Å². The van der Waals surface area contributed by atoms with E-state index >= 15 is 0 Å². The van der Waals surface area contributed by atoms with Gasteiger partial charge in [-0.05, 0) is 5.16 Å². The minimum Gasteiger partial charge on any atom is -0.479 e. The maximum absolute atomic E-state index is 10.4. The average molecular weight is 169 g/mol. The molecule has 1 aromatic rings. The first-order valence-corrected chi connectivity index (χ1v) is 3.08. The fraction of sp³-hybridized carbons (Fsp3) is 0.143. The van der Waals surface area contributed by atoms with Crippen molar-refractivity contribution in [2.75, 3.05) is 7.11 Å². The number of carboxylic acid groups (broad SMARTS) is 1. The third-order valence-corrected chi connectivity index (χ3v) is 1.25. The number of ether oxygens (including phenoxy) is 1. The number of aliphatic carboxylic acids is 1. The first-order valence-electron chi connectivity index (χ1n) is 3.08. The van der Waals surface area contributed by atoms with Gasteiger partial charge in [-0.2, -0.15) is 0 Å². The second kappa shape index (κ2) is 3.08. The van der Waals surface area contributed by atoms with Gasteiger partial charge in [-0.1, -0.05) is 6.58 Å². The summed E-state index contributed by atoms with van der Waals surface area (Å²) in [5.74, 6) is -0.819. The standard InChI is InChI=1S/C7H7NO4/c1-4(7(9)10)5-3-6(11-2)8-12-5/h3H,1H2,2H3,(H,9,10). The quantitative estimate of drug-likeness (QED) is 0.677. The number of rotatable bonds is 3. The summed E-state index contributed by atoms with van der Waals surface area (Å²) in [7, 11) is 1.41. The summed E-state index contributed by atoms with van der Waals surface area (Å²) < 4.78 is 9.31. The molecular formula is C7H7NO4. The molecule has 1 rings (SSSR count). The van der Waals surface area contributed by atoms with Gasteiger partial charge in [-0.25, -0.2) is 4.79 Å². The molecule has 1 aromatic heterocycles. The Morgan fingerprint density at radius 2 is 2.50 bits per heavy atom. The normalized spacial score (nSPS) is 9.42. The Morgan fingerprint density at radius 1 is 1.83 bits per heavy atom. The van der Waals surface area contributed by atoms with E-state index < -0.39 is 5.97 Å². The van der Waals surface area contributed by atoms with Crippen LogP contribution in [0.25, 0.3) is 5.57 Å². The van der Waals surface area contributed by atoms with Gasteiger partial charge in [-0.15, -0.1) is 0 Å². The molecular weight excluding hydrogens is 162 g/mol. The molecule has 0 saturated carbocycles. The van der Waals surface area contributed by atoms with Crippen LogP contribution in [0.1, 0.15) is 5.76 Å². The summed E-state index contributed by atoms with van der Waals surface area (Å²) in [6.07, 6.45) is 0. The van der Waals surface area contributed by atoms with E-state index in [9.17, 15) is 4.79 Å². The van der Waals surface area contributed by atoms with Gasteiger partial charge in [0.2, 0.25) is 0 Å². The highest BCUT2D eigenvalue weighted by Gasteiger charge is 2.13. The van der Waals surface area contributed by atoms with E-state index in [1.165, 1.54) is 13.2 Å². The molecule has 5 heteroatoms. The first kappa shape index (κ1) is 8.32. The van der Waals surface area contributed by atoms with Crippen molar-refractivity contribution in [3.05, 3.63) is 18.4 Å². The van der Waals surface area contributed by atoms with E-state index in [4.69, 9.17) is 5.11 Å². The lowest BCUT2D eigenvalue weighted by Gasteiger charge is -1.89. The van der Waals surface area contributed by atoms with Gasteiger partial charge in [0.25, 0.3) is 5.88 Å². The van der Waals surface area contributed by atoms with Crippen LogP contribution in [0.2, 0.25) is 0 Å². The van der Waals surface area contributed by atoms with Crippen LogP contribution < -0.4 is 4.74 Å². The molecule has 0 saturated heterocycles. The number of carbonyl (C=O) groups is 1. The zero-order valence-corrected chi connectivity index (χ0v) is 6.40. The Bertz CT molecular complexity index is 315. The van der Waals surface area contributed by atoms with Crippen LogP contribution in [0.4, 0.5) is 0 Å². The Balaban J connectivity index is 2.89. The largest absolute Gasteiger partial charge is 0.479 e. The van der Waals surface area contributed by atoms with Crippen LogP contribution >= 0.6 is 0 Å². The number of nitrogens with zero attached hydrogens (tertiary/aromatic N) is 1. The van der Waals surface area contributed by atoms with Crippen molar-refractivity contribution >= 4 is 11.5 Å². The molecule has 0 aliphatic rings. The number of hydrogen-bond acceptors (Lipinski definition) is 4. The molecule has 5 nitrogen and oxygen atoms in total. The summed E-state index contributed by atoms with van der Waals surface area (Å²) >= 11 is 0. The summed E-state index contributed by atoms with van der Waals surface area (Å²) in [5.41, 5.74) is -0.147. The predicted molar refractivity (Wildman–Crippen MR) is 39.7 cm³/mol. The van der Waals surface area contributed by atoms with Crippen molar-refractivity contribution in [3.63, 3.8) is 0 Å². The van der Waals surface area contributed by atoms with E-state index in [1.807, 2.05) is 0 Å². The van der Waals surface area contributed by atoms with Gasteiger partial charge in [0.15, 0.2) is 5.76 Å². The van der Waals surface area contributed by atoms with Gasteiger partial charge in [0, 0.05) is 6.07 Å². The van der Waals surface area contributed by atoms with Crippen molar-refractivity contribution in [1.29, 1.82) is 0 Å². The molecule has 64 valence electrons. The van der Waals surface area contributed by atoms with Crippen molar-refractivity contribution in [2.24, 2.45) is 0 Å². The second-order valence-corrected chi connectivity index (χ2v) is 2.02. The number of methoxy groups -OCH3 is 1. The van der Waals surface area contributed by atoms with Crippen molar-refractivity contribution in [2.45, 2.75) is 0 Å². The SMILES string of the molecule is C=C(C(=O)O)c1cc(OC)no1. The van der Waals surface area contributed by atoms with Gasteiger partial charge in [0.05, 0.1) is 12.7 Å². The van der Waals surface area contributed by atoms with Crippen molar-refractivity contribution < 1.29 is 19.2 Å². The fourth-order valence-electron chi connectivity index (χ4n) is 0.603. The summed E-state index contributed by atoms with van der Waals surface area (Å²) in [5, 5.41) is 11.9. The molecule has 0 amide bonds. The Hall–Kier alpha value is -1.78. The second-order valence-electron chi connectivity index (χ2n) is 2.02. The van der Waals surface area contributed by atoms with Gasteiger partial charge >= 0.3 is 5.97 Å². The summed E-state index contributed by atoms with van der Waals surface area (Å²) in [6, 6.07) is 1.36. The lowest BCUT2D eigenvalue weighted by Crippen LogP contribution is -1.95. The number of hydrogen-bond donors (Lipinski definition) is 1. The molecule has 1 N–H and O–H groups in total. The average Bonchev–Trinajstić information content (AvgIpc) is 2.50. The van der Waals surface area contributed by atoms with Crippen molar-refractivity contribution in [1.82, 2.24) is 5.16 Å². The zero-order valence-electron chi connectivity index (χ0n) is 6.40. The van der Waals surface area contributed by atoms with Crippen LogP contribution in [0.15, 0.2) is 17.2 Å². The highest BCUT2D eigenvalue weighted by atomic mass is 16.5. The van der Waals surface area contributed by atoms with Crippen LogP contribution in [0, 0.1) is 0 Å². The summed E-state index contributed by atoms with van der Waals surface area (Å²) in [6.45, 7) is 3.28. The third kappa shape index (κ3) is 1.45. The van der Waals surface area contributed by atoms with Crippen LogP contribution in [-0.2, 0) is 4.79 Å². The molecule has 0 spiro atoms. The minimum atomic E-state index is -1.14. The number of carboxylic acids is 1. The number of aromatic nitrogens is 1. The van der Waals surface area contributed by atoms with Gasteiger partial charge in [0.1, 0.15) is 0 Å². The van der Waals surface area contributed by atoms with Crippen LogP contribution in [0.3, 0.4) is 0 Å². The Morgan fingerprint density at radius 3 is 2.92 bits per heavy atom. The van der Waals surface area contributed by atoms with Crippen LogP contribution in [-0.4, -0.2) is 23.3 Å². The maximum atomic E-state index is 10.4. The lowest BCUT2D eigenvalue weighted by molar-refractivity contribution is -0.130. The monoisotopic (exact) mass is 169 g/mol. The lowest BCUT2D eigenvalue weighted by atomic mass is 10.2. The highest BCUT2D eigenvalue weighted by molar-refractivity contribution is 6.13. The molecule has 0 unspecified atom stereocenters. The maximum Gasteiger partial charge on any atom is 0.338 e. The summed E-state index contributed by atoms with van der Waals surface area (Å²) in [4.78, 5) is 10.4. The third-order valence-electron chi connectivity index (χ3n) is 1.25. The Labute approximate surface area is 68.2 Å². The molecule has 0 bridgehead atoms. The topological polar surface area (TPSA) is 72.6 Å². The first-order chi connectivity index (χ1) is 5.65. The van der Waals surface area contributed by atoms with E-state index in [0.717, 1.165) is 0 Å². The van der Waals surface area contributed by atoms with E-state index in [0.29, 0.717) is 0 Å². The van der Waals surface area contributed by atoms with E-state index in [1.54, 1.807) is 0 Å². The molecule has 0 atom stereocenters. The van der Waals surface area contributed by atoms with Gasteiger partial charge in [-0.3, -0.25) is 0 Å². The molecule has 0 aliphatic carbocycles. The molecule has 0 radical (unpaired) electrons.